The molecule has 0 aromatic heterocycles. The van der Waals surface area contributed by atoms with Crippen LogP contribution in [-0.4, -0.2) is 83.3 Å². The van der Waals surface area contributed by atoms with Gasteiger partial charge in [-0.3, -0.25) is 9.69 Å². The minimum atomic E-state index is -4.43. The number of piperazine rings is 1. The highest BCUT2D eigenvalue weighted by Crippen LogP contribution is 2.18. The monoisotopic (exact) mass is 311 g/mol. The van der Waals surface area contributed by atoms with Crippen molar-refractivity contribution in [3.8, 4) is 0 Å². The van der Waals surface area contributed by atoms with Gasteiger partial charge < -0.3 is 14.9 Å². The molecule has 1 aliphatic rings. The van der Waals surface area contributed by atoms with Crippen molar-refractivity contribution >= 4 is 12.0 Å². The van der Waals surface area contributed by atoms with Crippen LogP contribution in [0.15, 0.2) is 0 Å². The summed E-state index contributed by atoms with van der Waals surface area (Å²) in [5.41, 5.74) is 0. The van der Waals surface area contributed by atoms with Crippen LogP contribution in [0.5, 0.6) is 0 Å². The van der Waals surface area contributed by atoms with E-state index in [0.29, 0.717) is 13.1 Å². The van der Waals surface area contributed by atoms with Crippen LogP contribution in [0.25, 0.3) is 0 Å². The molecule has 1 fully saturated rings. The fourth-order valence-corrected chi connectivity index (χ4v) is 2.19. The van der Waals surface area contributed by atoms with Crippen molar-refractivity contribution in [3.63, 3.8) is 0 Å². The summed E-state index contributed by atoms with van der Waals surface area (Å²) in [6.45, 7) is 2.87. The maximum atomic E-state index is 12.4. The van der Waals surface area contributed by atoms with Gasteiger partial charge in [-0.1, -0.05) is 0 Å². The molecule has 1 saturated heterocycles. The normalized spacial score (nSPS) is 18.4. The molecule has 0 spiro atoms. The van der Waals surface area contributed by atoms with E-state index in [1.54, 1.807) is 11.8 Å². The Morgan fingerprint density at radius 1 is 1.24 bits per heavy atom. The molecule has 6 nitrogen and oxygen atoms in total. The van der Waals surface area contributed by atoms with Crippen molar-refractivity contribution < 1.29 is 27.9 Å². The number of aliphatic carboxylic acids is 1. The van der Waals surface area contributed by atoms with E-state index in [-0.39, 0.29) is 19.6 Å². The number of nitrogens with zero attached hydrogens (tertiary/aromatic N) is 3. The summed E-state index contributed by atoms with van der Waals surface area (Å²) in [4.78, 5) is 26.7. The Kier molecular flexibility index (Phi) is 5.82. The third-order valence-corrected chi connectivity index (χ3v) is 3.51. The van der Waals surface area contributed by atoms with Crippen LogP contribution in [0.1, 0.15) is 13.8 Å². The van der Waals surface area contributed by atoms with Crippen LogP contribution < -0.4 is 0 Å². The molecule has 0 aromatic rings. The first kappa shape index (κ1) is 17.5. The Morgan fingerprint density at radius 3 is 2.14 bits per heavy atom. The minimum Gasteiger partial charge on any atom is -0.480 e. The molecular weight excluding hydrogens is 291 g/mol. The fourth-order valence-electron chi connectivity index (χ4n) is 2.19. The number of carbonyl (C=O) groups excluding carboxylic acids is 1. The average Bonchev–Trinajstić information content (AvgIpc) is 2.42. The highest BCUT2D eigenvalue weighted by atomic mass is 19.4. The maximum Gasteiger partial charge on any atom is 0.406 e. The molecule has 2 amide bonds. The van der Waals surface area contributed by atoms with Crippen LogP contribution >= 0.6 is 0 Å². The Labute approximate surface area is 121 Å². The number of carbonyl (C=O) groups is 2. The standard InChI is InChI=1S/C12H20F3N3O3/c1-3-16(8-12(13,14)15)11(21)18-6-4-17(5-7-18)9(2)10(19)20/h9H,3-8H2,1-2H3,(H,19,20). The van der Waals surface area contributed by atoms with Crippen molar-refractivity contribution in [1.82, 2.24) is 14.7 Å². The molecule has 1 N–H and O–H groups in total. The van der Waals surface area contributed by atoms with Gasteiger partial charge in [0.15, 0.2) is 0 Å². The molecular formula is C12H20F3N3O3. The first-order valence-electron chi connectivity index (χ1n) is 6.73. The summed E-state index contributed by atoms with van der Waals surface area (Å²) in [5.74, 6) is -0.956. The molecule has 0 radical (unpaired) electrons. The van der Waals surface area contributed by atoms with E-state index in [1.165, 1.54) is 11.8 Å². The van der Waals surface area contributed by atoms with E-state index in [2.05, 4.69) is 0 Å². The molecule has 9 heteroatoms. The third-order valence-electron chi connectivity index (χ3n) is 3.51. The number of halogens is 3. The van der Waals surface area contributed by atoms with Crippen LogP contribution in [-0.2, 0) is 4.79 Å². The molecule has 21 heavy (non-hydrogen) atoms. The fraction of sp³-hybridized carbons (Fsp3) is 0.833. The van der Waals surface area contributed by atoms with Crippen molar-refractivity contribution in [2.24, 2.45) is 0 Å². The van der Waals surface area contributed by atoms with Gasteiger partial charge in [-0.25, -0.2) is 4.79 Å². The second kappa shape index (κ2) is 6.97. The topological polar surface area (TPSA) is 64.1 Å². The number of hydrogen-bond acceptors (Lipinski definition) is 3. The summed E-state index contributed by atoms with van der Waals surface area (Å²) in [6.07, 6.45) is -4.43. The second-order valence-electron chi connectivity index (χ2n) is 4.95. The third kappa shape index (κ3) is 5.07. The zero-order chi connectivity index (χ0) is 16.2. The van der Waals surface area contributed by atoms with Gasteiger partial charge >= 0.3 is 18.2 Å². The molecule has 0 aliphatic carbocycles. The molecule has 1 atom stereocenters. The molecule has 1 heterocycles. The number of carboxylic acids is 1. The number of alkyl halides is 3. The lowest BCUT2D eigenvalue weighted by Crippen LogP contribution is -2.56. The van der Waals surface area contributed by atoms with E-state index in [4.69, 9.17) is 5.11 Å². The van der Waals surface area contributed by atoms with Crippen molar-refractivity contribution in [3.05, 3.63) is 0 Å². The van der Waals surface area contributed by atoms with Gasteiger partial charge in [0.2, 0.25) is 0 Å². The SMILES string of the molecule is CCN(CC(F)(F)F)C(=O)N1CCN(C(C)C(=O)O)CC1. The van der Waals surface area contributed by atoms with Crippen molar-refractivity contribution in [1.29, 1.82) is 0 Å². The summed E-state index contributed by atoms with van der Waals surface area (Å²) in [5, 5.41) is 8.91. The molecule has 1 aliphatic heterocycles. The summed E-state index contributed by atoms with van der Waals surface area (Å²) in [7, 11) is 0. The number of hydrogen-bond donors (Lipinski definition) is 1. The Bertz CT molecular complexity index is 382. The Hall–Kier alpha value is -1.51. The van der Waals surface area contributed by atoms with E-state index in [9.17, 15) is 22.8 Å². The number of carboxylic acid groups (broad SMARTS) is 1. The molecule has 1 rings (SSSR count). The molecule has 0 aromatic carbocycles. The van der Waals surface area contributed by atoms with Gasteiger partial charge in [-0.2, -0.15) is 13.2 Å². The van der Waals surface area contributed by atoms with Crippen molar-refractivity contribution in [2.45, 2.75) is 26.1 Å². The van der Waals surface area contributed by atoms with Gasteiger partial charge in [0.05, 0.1) is 0 Å². The van der Waals surface area contributed by atoms with E-state index >= 15 is 0 Å². The quantitative estimate of drug-likeness (QED) is 0.844. The first-order chi connectivity index (χ1) is 9.65. The summed E-state index contributed by atoms with van der Waals surface area (Å²) < 4.78 is 37.2. The van der Waals surface area contributed by atoms with E-state index < -0.39 is 30.8 Å². The molecule has 122 valence electrons. The highest BCUT2D eigenvalue weighted by molar-refractivity contribution is 5.75. The van der Waals surface area contributed by atoms with Gasteiger partial charge in [0, 0.05) is 32.7 Å². The summed E-state index contributed by atoms with van der Waals surface area (Å²) in [6, 6.07) is -1.32. The second-order valence-corrected chi connectivity index (χ2v) is 4.95. The smallest absolute Gasteiger partial charge is 0.406 e. The molecule has 1 unspecified atom stereocenters. The largest absolute Gasteiger partial charge is 0.480 e. The molecule has 0 bridgehead atoms. The van der Waals surface area contributed by atoms with Gasteiger partial charge in [-0.15, -0.1) is 0 Å². The lowest BCUT2D eigenvalue weighted by molar-refractivity contribution is -0.144. The minimum absolute atomic E-state index is 0.0237. The lowest BCUT2D eigenvalue weighted by atomic mass is 10.2. The highest BCUT2D eigenvalue weighted by Gasteiger charge is 2.35. The zero-order valence-electron chi connectivity index (χ0n) is 12.1. The van der Waals surface area contributed by atoms with Crippen LogP contribution in [0.4, 0.5) is 18.0 Å². The van der Waals surface area contributed by atoms with Gasteiger partial charge in [-0.05, 0) is 13.8 Å². The lowest BCUT2D eigenvalue weighted by Gasteiger charge is -2.38. The van der Waals surface area contributed by atoms with Crippen LogP contribution in [0.3, 0.4) is 0 Å². The average molecular weight is 311 g/mol. The van der Waals surface area contributed by atoms with Crippen molar-refractivity contribution in [2.75, 3.05) is 39.3 Å². The predicted molar refractivity (Wildman–Crippen MR) is 68.9 cm³/mol. The van der Waals surface area contributed by atoms with Gasteiger partial charge in [0.1, 0.15) is 12.6 Å². The predicted octanol–water partition coefficient (Wildman–Crippen LogP) is 1.08. The zero-order valence-corrected chi connectivity index (χ0v) is 12.1. The maximum absolute atomic E-state index is 12.4. The first-order valence-corrected chi connectivity index (χ1v) is 6.73. The Morgan fingerprint density at radius 2 is 1.76 bits per heavy atom. The van der Waals surface area contributed by atoms with E-state index in [1.807, 2.05) is 0 Å². The van der Waals surface area contributed by atoms with E-state index in [0.717, 1.165) is 4.90 Å². The number of urea groups is 1. The molecule has 0 saturated carbocycles. The number of rotatable bonds is 4. The summed E-state index contributed by atoms with van der Waals surface area (Å²) >= 11 is 0. The number of amides is 2. The Balaban J connectivity index is 2.56. The van der Waals surface area contributed by atoms with Crippen LogP contribution in [0.2, 0.25) is 0 Å². The van der Waals surface area contributed by atoms with Gasteiger partial charge in [0.25, 0.3) is 0 Å². The van der Waals surface area contributed by atoms with Crippen LogP contribution in [0, 0.1) is 0 Å².